The van der Waals surface area contributed by atoms with Crippen LogP contribution in [0.15, 0.2) is 42.5 Å². The molecule has 0 aliphatic carbocycles. The maximum atomic E-state index is 13.6. The Balaban J connectivity index is 2.35. The van der Waals surface area contributed by atoms with Crippen LogP contribution >= 0.6 is 11.6 Å². The average Bonchev–Trinajstić information content (AvgIpc) is 2.63. The Morgan fingerprint density at radius 2 is 1.68 bits per heavy atom. The van der Waals surface area contributed by atoms with Gasteiger partial charge in [0.2, 0.25) is 0 Å². The molecule has 0 N–H and O–H groups in total. The van der Waals surface area contributed by atoms with Gasteiger partial charge in [-0.15, -0.1) is 0 Å². The van der Waals surface area contributed by atoms with E-state index in [0.717, 1.165) is 12.1 Å². The van der Waals surface area contributed by atoms with Gasteiger partial charge in [-0.3, -0.25) is 4.79 Å². The molecule has 2 unspecified atom stereocenters. The van der Waals surface area contributed by atoms with E-state index in [2.05, 4.69) is 4.74 Å². The molecule has 2 aromatic rings. The Morgan fingerprint density at radius 3 is 2.21 bits per heavy atom. The van der Waals surface area contributed by atoms with Crippen molar-refractivity contribution in [3.05, 3.63) is 70.2 Å². The van der Waals surface area contributed by atoms with Crippen LogP contribution in [-0.2, 0) is 9.53 Å². The number of esters is 1. The fourth-order valence-corrected chi connectivity index (χ4v) is 2.77. The fourth-order valence-electron chi connectivity index (χ4n) is 2.64. The third-order valence-electron chi connectivity index (χ3n) is 3.93. The van der Waals surface area contributed by atoms with Crippen LogP contribution in [0.2, 0.25) is 5.02 Å². The molecule has 0 fully saturated rings. The third kappa shape index (κ3) is 5.92. The molecule has 28 heavy (non-hydrogen) atoms. The zero-order valence-corrected chi connectivity index (χ0v) is 14.9. The number of nitriles is 1. The zero-order valence-electron chi connectivity index (χ0n) is 14.1. The van der Waals surface area contributed by atoms with Crippen LogP contribution in [0.1, 0.15) is 29.4 Å². The van der Waals surface area contributed by atoms with Crippen LogP contribution < -0.4 is 0 Å². The molecule has 0 radical (unpaired) electrons. The Kier molecular flexibility index (Phi) is 6.97. The molecule has 0 heterocycles. The SMILES string of the molecule is N#CC(c1ccc(F)c(F)c1)C(CC(=O)OCC(F)(F)F)c1ccc(Cl)cc1. The highest BCUT2D eigenvalue weighted by Gasteiger charge is 2.32. The van der Waals surface area contributed by atoms with Gasteiger partial charge in [0.05, 0.1) is 18.4 Å². The van der Waals surface area contributed by atoms with Gasteiger partial charge in [0.1, 0.15) is 0 Å². The van der Waals surface area contributed by atoms with E-state index >= 15 is 0 Å². The predicted molar refractivity (Wildman–Crippen MR) is 90.5 cm³/mol. The monoisotopic (exact) mass is 417 g/mol. The lowest BCUT2D eigenvalue weighted by atomic mass is 9.80. The summed E-state index contributed by atoms with van der Waals surface area (Å²) >= 11 is 5.82. The van der Waals surface area contributed by atoms with Crippen molar-refractivity contribution in [2.75, 3.05) is 6.61 Å². The highest BCUT2D eigenvalue weighted by Crippen LogP contribution is 2.37. The Hall–Kier alpha value is -2.66. The molecular formula is C19H13ClF5NO2. The molecule has 148 valence electrons. The molecule has 0 saturated carbocycles. The standard InChI is InChI=1S/C19H13ClF5NO2/c20-13-4-1-11(2-5-13)14(8-18(27)28-10-19(23,24)25)15(9-26)12-3-6-16(21)17(22)7-12/h1-7,14-15H,8,10H2. The zero-order chi connectivity index (χ0) is 20.9. The number of carbonyl (C=O) groups is 1. The second-order valence-electron chi connectivity index (χ2n) is 5.92. The maximum absolute atomic E-state index is 13.6. The summed E-state index contributed by atoms with van der Waals surface area (Å²) in [5.41, 5.74) is 0.481. The number of hydrogen-bond donors (Lipinski definition) is 0. The van der Waals surface area contributed by atoms with Gasteiger partial charge in [-0.2, -0.15) is 18.4 Å². The molecule has 9 heteroatoms. The average molecular weight is 418 g/mol. The molecule has 0 aromatic heterocycles. The van der Waals surface area contributed by atoms with Crippen molar-refractivity contribution in [2.24, 2.45) is 0 Å². The maximum Gasteiger partial charge on any atom is 0.422 e. The van der Waals surface area contributed by atoms with Gasteiger partial charge < -0.3 is 4.74 Å². The molecule has 0 saturated heterocycles. The topological polar surface area (TPSA) is 50.1 Å². The van der Waals surface area contributed by atoms with Gasteiger partial charge in [-0.1, -0.05) is 29.8 Å². The van der Waals surface area contributed by atoms with Crippen molar-refractivity contribution >= 4 is 17.6 Å². The second kappa shape index (κ2) is 9.02. The summed E-state index contributed by atoms with van der Waals surface area (Å²) in [6.07, 6.45) is -5.27. The minimum atomic E-state index is -4.69. The molecule has 0 bridgehead atoms. The van der Waals surface area contributed by atoms with Gasteiger partial charge in [0.15, 0.2) is 18.2 Å². The highest BCUT2D eigenvalue weighted by molar-refractivity contribution is 6.30. The molecule has 2 atom stereocenters. The number of nitrogens with zero attached hydrogens (tertiary/aromatic N) is 1. The third-order valence-corrected chi connectivity index (χ3v) is 4.18. The quantitative estimate of drug-likeness (QED) is 0.460. The van der Waals surface area contributed by atoms with Crippen molar-refractivity contribution in [3.63, 3.8) is 0 Å². The molecule has 0 aliphatic rings. The van der Waals surface area contributed by atoms with Crippen molar-refractivity contribution in [1.29, 1.82) is 5.26 Å². The van der Waals surface area contributed by atoms with Crippen LogP contribution in [0.5, 0.6) is 0 Å². The first-order valence-corrected chi connectivity index (χ1v) is 8.31. The molecule has 3 nitrogen and oxygen atoms in total. The van der Waals surface area contributed by atoms with E-state index in [4.69, 9.17) is 11.6 Å². The number of benzene rings is 2. The van der Waals surface area contributed by atoms with E-state index < -0.39 is 48.6 Å². The summed E-state index contributed by atoms with van der Waals surface area (Å²) in [6, 6.07) is 10.7. The van der Waals surface area contributed by atoms with Crippen LogP contribution in [0.4, 0.5) is 22.0 Å². The Labute approximate surface area is 162 Å². The number of carbonyl (C=O) groups excluding carboxylic acids is 1. The van der Waals surface area contributed by atoms with Crippen LogP contribution in [0.25, 0.3) is 0 Å². The predicted octanol–water partition coefficient (Wildman–Crippen LogP) is 5.50. The van der Waals surface area contributed by atoms with E-state index in [1.807, 2.05) is 6.07 Å². The summed E-state index contributed by atoms with van der Waals surface area (Å²) in [7, 11) is 0. The fraction of sp³-hybridized carbons (Fsp3) is 0.263. The lowest BCUT2D eigenvalue weighted by Gasteiger charge is -2.22. The largest absolute Gasteiger partial charge is 0.456 e. The molecule has 0 aliphatic heterocycles. The van der Waals surface area contributed by atoms with Crippen molar-refractivity contribution in [1.82, 2.24) is 0 Å². The van der Waals surface area contributed by atoms with Crippen molar-refractivity contribution in [2.45, 2.75) is 24.4 Å². The summed E-state index contributed by atoms with van der Waals surface area (Å²) in [5.74, 6) is -5.59. The Bertz CT molecular complexity index is 877. The first kappa shape index (κ1) is 21.6. The molecular weight excluding hydrogens is 405 g/mol. The first-order valence-electron chi connectivity index (χ1n) is 7.93. The first-order chi connectivity index (χ1) is 13.1. The number of rotatable bonds is 6. The van der Waals surface area contributed by atoms with Gasteiger partial charge in [-0.25, -0.2) is 8.78 Å². The number of hydrogen-bond acceptors (Lipinski definition) is 3. The second-order valence-corrected chi connectivity index (χ2v) is 6.35. The number of ether oxygens (including phenoxy) is 1. The summed E-state index contributed by atoms with van der Waals surface area (Å²) in [6.45, 7) is -1.76. The summed E-state index contributed by atoms with van der Waals surface area (Å²) in [5, 5.41) is 9.94. The van der Waals surface area contributed by atoms with Gasteiger partial charge in [-0.05, 0) is 35.4 Å². The molecule has 2 rings (SSSR count). The summed E-state index contributed by atoms with van der Waals surface area (Å²) < 4.78 is 67.8. The lowest BCUT2D eigenvalue weighted by Crippen LogP contribution is -2.23. The van der Waals surface area contributed by atoms with Gasteiger partial charge in [0, 0.05) is 10.9 Å². The lowest BCUT2D eigenvalue weighted by molar-refractivity contribution is -0.186. The number of halogens is 6. The molecule has 2 aromatic carbocycles. The van der Waals surface area contributed by atoms with E-state index in [-0.39, 0.29) is 5.56 Å². The normalized spacial score (nSPS) is 13.5. The van der Waals surface area contributed by atoms with E-state index in [1.165, 1.54) is 30.3 Å². The summed E-state index contributed by atoms with van der Waals surface area (Å²) in [4.78, 5) is 11.9. The molecule has 0 spiro atoms. The van der Waals surface area contributed by atoms with E-state index in [1.54, 1.807) is 0 Å². The highest BCUT2D eigenvalue weighted by atomic mass is 35.5. The van der Waals surface area contributed by atoms with Crippen LogP contribution in [0, 0.1) is 23.0 Å². The van der Waals surface area contributed by atoms with Crippen molar-refractivity contribution in [3.8, 4) is 6.07 Å². The minimum absolute atomic E-state index is 0.0740. The van der Waals surface area contributed by atoms with E-state index in [9.17, 15) is 32.0 Å². The van der Waals surface area contributed by atoms with Crippen LogP contribution in [-0.4, -0.2) is 18.8 Å². The molecule has 0 amide bonds. The van der Waals surface area contributed by atoms with Crippen molar-refractivity contribution < 1.29 is 31.5 Å². The smallest absolute Gasteiger partial charge is 0.422 e. The minimum Gasteiger partial charge on any atom is -0.456 e. The number of alkyl halides is 3. The van der Waals surface area contributed by atoms with Gasteiger partial charge in [0.25, 0.3) is 0 Å². The van der Waals surface area contributed by atoms with Gasteiger partial charge >= 0.3 is 12.1 Å². The van der Waals surface area contributed by atoms with Crippen LogP contribution in [0.3, 0.4) is 0 Å². The Morgan fingerprint density at radius 1 is 1.07 bits per heavy atom. The van der Waals surface area contributed by atoms with E-state index in [0.29, 0.717) is 10.6 Å².